The van der Waals surface area contributed by atoms with Gasteiger partial charge < -0.3 is 15.0 Å². The number of carbonyl (C=O) groups is 2. The Morgan fingerprint density at radius 3 is 2.83 bits per heavy atom. The van der Waals surface area contributed by atoms with Gasteiger partial charge in [0.05, 0.1) is 6.61 Å². The first-order chi connectivity index (χ1) is 11.7. The second kappa shape index (κ2) is 7.00. The van der Waals surface area contributed by atoms with Crippen molar-refractivity contribution in [1.29, 1.82) is 0 Å². The molecule has 2 N–H and O–H groups in total. The first-order valence-corrected chi connectivity index (χ1v) is 7.71. The van der Waals surface area contributed by atoms with Crippen LogP contribution < -0.4 is 5.32 Å². The third kappa shape index (κ3) is 3.46. The molecule has 0 aliphatic carbocycles. The van der Waals surface area contributed by atoms with Crippen LogP contribution in [0.25, 0.3) is 22.0 Å². The molecular weight excluding hydrogens is 304 g/mol. The normalized spacial score (nSPS) is 10.5. The van der Waals surface area contributed by atoms with Gasteiger partial charge in [0.2, 0.25) is 5.91 Å². The topological polar surface area (TPSA) is 71.2 Å². The van der Waals surface area contributed by atoms with Crippen molar-refractivity contribution in [2.24, 2.45) is 0 Å². The van der Waals surface area contributed by atoms with Crippen molar-refractivity contribution in [3.8, 4) is 11.1 Å². The number of benzene rings is 2. The molecule has 2 aromatic carbocycles. The number of aromatic nitrogens is 1. The van der Waals surface area contributed by atoms with E-state index < -0.39 is 0 Å². The van der Waals surface area contributed by atoms with Crippen molar-refractivity contribution in [1.82, 2.24) is 4.98 Å². The minimum Gasteiger partial charge on any atom is -0.467 e. The van der Waals surface area contributed by atoms with E-state index in [0.29, 0.717) is 19.5 Å². The summed E-state index contributed by atoms with van der Waals surface area (Å²) in [5.41, 5.74) is 4.92. The van der Waals surface area contributed by atoms with Gasteiger partial charge in [0, 0.05) is 35.6 Å². The lowest BCUT2D eigenvalue weighted by molar-refractivity contribution is -0.128. The summed E-state index contributed by atoms with van der Waals surface area (Å²) < 4.78 is 4.76. The highest BCUT2D eigenvalue weighted by molar-refractivity contribution is 5.97. The summed E-state index contributed by atoms with van der Waals surface area (Å²) in [5, 5.41) is 3.90. The lowest BCUT2D eigenvalue weighted by Gasteiger charge is -2.07. The largest absolute Gasteiger partial charge is 0.467 e. The van der Waals surface area contributed by atoms with Crippen LogP contribution in [0.5, 0.6) is 0 Å². The molecule has 0 unspecified atom stereocenters. The summed E-state index contributed by atoms with van der Waals surface area (Å²) in [6.45, 7) is 2.30. The third-order valence-electron chi connectivity index (χ3n) is 3.77. The summed E-state index contributed by atoms with van der Waals surface area (Å²) >= 11 is 0. The summed E-state index contributed by atoms with van der Waals surface area (Å²) in [6.07, 6.45) is 0.638. The van der Waals surface area contributed by atoms with E-state index in [0.717, 1.165) is 33.4 Å². The van der Waals surface area contributed by atoms with E-state index in [-0.39, 0.29) is 5.91 Å². The quantitative estimate of drug-likeness (QED) is 0.539. The highest BCUT2D eigenvalue weighted by Crippen LogP contribution is 2.30. The Balaban J connectivity index is 1.97. The number of H-pyrrole nitrogens is 1. The molecule has 0 bridgehead atoms. The number of rotatable bonds is 6. The number of anilines is 1. The Morgan fingerprint density at radius 1 is 1.21 bits per heavy atom. The van der Waals surface area contributed by atoms with Gasteiger partial charge in [-0.2, -0.15) is 0 Å². The average molecular weight is 322 g/mol. The maximum atomic E-state index is 11.2. The summed E-state index contributed by atoms with van der Waals surface area (Å²) in [6, 6.07) is 15.9. The fourth-order valence-corrected chi connectivity index (χ4v) is 2.78. The van der Waals surface area contributed by atoms with E-state index in [1.54, 1.807) is 0 Å². The molecule has 5 heteroatoms. The predicted molar refractivity (Wildman–Crippen MR) is 93.8 cm³/mol. The SMILES string of the molecule is CC(=O)Nc1cccc(-c2cccc3[nH]c(CCOC=O)cc23)c1. The van der Waals surface area contributed by atoms with Gasteiger partial charge in [0.25, 0.3) is 6.47 Å². The van der Waals surface area contributed by atoms with Crippen molar-refractivity contribution >= 4 is 29.0 Å². The number of aromatic amines is 1. The van der Waals surface area contributed by atoms with E-state index >= 15 is 0 Å². The molecule has 0 fully saturated rings. The lowest BCUT2D eigenvalue weighted by Crippen LogP contribution is -2.05. The standard InChI is InChI=1S/C19H18N2O3/c1-13(23)20-15-5-2-4-14(10-15)17-6-3-7-19-18(17)11-16(21-19)8-9-24-12-22/h2-7,10-12,21H,8-9H2,1H3,(H,20,23). The van der Waals surface area contributed by atoms with Gasteiger partial charge >= 0.3 is 0 Å². The Hall–Kier alpha value is -3.08. The van der Waals surface area contributed by atoms with Crippen LogP contribution in [0.15, 0.2) is 48.5 Å². The summed E-state index contributed by atoms with van der Waals surface area (Å²) in [7, 11) is 0. The van der Waals surface area contributed by atoms with Gasteiger partial charge in [0.15, 0.2) is 0 Å². The highest BCUT2D eigenvalue weighted by Gasteiger charge is 2.08. The average Bonchev–Trinajstić information content (AvgIpc) is 2.97. The molecular formula is C19H18N2O3. The summed E-state index contributed by atoms with van der Waals surface area (Å²) in [4.78, 5) is 24.8. The van der Waals surface area contributed by atoms with Crippen LogP contribution in [-0.2, 0) is 20.7 Å². The molecule has 3 aromatic rings. The first kappa shape index (κ1) is 15.8. The molecule has 24 heavy (non-hydrogen) atoms. The molecule has 3 rings (SSSR count). The smallest absolute Gasteiger partial charge is 0.293 e. The molecule has 1 aromatic heterocycles. The fourth-order valence-electron chi connectivity index (χ4n) is 2.78. The van der Waals surface area contributed by atoms with Crippen LogP contribution in [0.3, 0.4) is 0 Å². The molecule has 0 aliphatic rings. The fraction of sp³-hybridized carbons (Fsp3) is 0.158. The maximum absolute atomic E-state index is 11.2. The van der Waals surface area contributed by atoms with Crippen molar-refractivity contribution in [2.45, 2.75) is 13.3 Å². The molecule has 1 heterocycles. The molecule has 122 valence electrons. The molecule has 0 atom stereocenters. The van der Waals surface area contributed by atoms with Crippen molar-refractivity contribution in [2.75, 3.05) is 11.9 Å². The Bertz CT molecular complexity index is 883. The van der Waals surface area contributed by atoms with Crippen LogP contribution in [0.1, 0.15) is 12.6 Å². The third-order valence-corrected chi connectivity index (χ3v) is 3.77. The minimum atomic E-state index is -0.0931. The van der Waals surface area contributed by atoms with Crippen molar-refractivity contribution in [3.63, 3.8) is 0 Å². The van der Waals surface area contributed by atoms with Gasteiger partial charge in [-0.1, -0.05) is 24.3 Å². The Labute approximate surface area is 139 Å². The number of carbonyl (C=O) groups excluding carboxylic acids is 2. The van der Waals surface area contributed by atoms with E-state index in [2.05, 4.69) is 22.4 Å². The highest BCUT2D eigenvalue weighted by atomic mass is 16.5. The summed E-state index contributed by atoms with van der Waals surface area (Å²) in [5.74, 6) is -0.0931. The Kier molecular flexibility index (Phi) is 4.61. The second-order valence-corrected chi connectivity index (χ2v) is 5.54. The minimum absolute atomic E-state index is 0.0931. The van der Waals surface area contributed by atoms with Crippen molar-refractivity contribution < 1.29 is 14.3 Å². The molecule has 0 spiro atoms. The number of ether oxygens (including phenoxy) is 1. The molecule has 0 saturated heterocycles. The van der Waals surface area contributed by atoms with Gasteiger partial charge in [-0.15, -0.1) is 0 Å². The lowest BCUT2D eigenvalue weighted by atomic mass is 10.0. The number of hydrogen-bond acceptors (Lipinski definition) is 3. The monoisotopic (exact) mass is 322 g/mol. The first-order valence-electron chi connectivity index (χ1n) is 7.71. The van der Waals surface area contributed by atoms with Gasteiger partial charge in [0.1, 0.15) is 0 Å². The Morgan fingerprint density at radius 2 is 2.04 bits per heavy atom. The zero-order valence-electron chi connectivity index (χ0n) is 13.3. The second-order valence-electron chi connectivity index (χ2n) is 5.54. The van der Waals surface area contributed by atoms with Gasteiger partial charge in [-0.3, -0.25) is 9.59 Å². The number of amides is 1. The molecule has 1 amide bonds. The van der Waals surface area contributed by atoms with Crippen LogP contribution in [0, 0.1) is 0 Å². The number of nitrogens with one attached hydrogen (secondary N) is 2. The van der Waals surface area contributed by atoms with Crippen LogP contribution in [0.4, 0.5) is 5.69 Å². The molecule has 5 nitrogen and oxygen atoms in total. The van der Waals surface area contributed by atoms with E-state index in [4.69, 9.17) is 4.74 Å². The van der Waals surface area contributed by atoms with Gasteiger partial charge in [-0.25, -0.2) is 0 Å². The predicted octanol–water partition coefficient (Wildman–Crippen LogP) is 3.51. The van der Waals surface area contributed by atoms with Crippen LogP contribution in [0.2, 0.25) is 0 Å². The zero-order valence-corrected chi connectivity index (χ0v) is 13.3. The number of hydrogen-bond donors (Lipinski definition) is 2. The van der Waals surface area contributed by atoms with Gasteiger partial charge in [-0.05, 0) is 35.4 Å². The maximum Gasteiger partial charge on any atom is 0.293 e. The molecule has 0 aliphatic heterocycles. The van der Waals surface area contributed by atoms with Crippen LogP contribution in [-0.4, -0.2) is 24.0 Å². The van der Waals surface area contributed by atoms with Crippen LogP contribution >= 0.6 is 0 Å². The van der Waals surface area contributed by atoms with E-state index in [9.17, 15) is 9.59 Å². The van der Waals surface area contributed by atoms with Crippen molar-refractivity contribution in [3.05, 3.63) is 54.2 Å². The van der Waals surface area contributed by atoms with E-state index in [1.165, 1.54) is 6.92 Å². The van der Waals surface area contributed by atoms with E-state index in [1.807, 2.05) is 36.4 Å². The molecule has 0 saturated carbocycles. The molecule has 0 radical (unpaired) electrons. The zero-order chi connectivity index (χ0) is 16.9. The number of fused-ring (bicyclic) bond motifs is 1.